The van der Waals surface area contributed by atoms with E-state index in [0.29, 0.717) is 11.7 Å². The largest absolute Gasteiger partial charge is 0.497 e. The van der Waals surface area contributed by atoms with Crippen molar-refractivity contribution in [3.05, 3.63) is 18.2 Å². The third-order valence-electron chi connectivity index (χ3n) is 3.58. The van der Waals surface area contributed by atoms with Gasteiger partial charge in [0.2, 0.25) is 5.91 Å². The number of amides is 2. The molecule has 3 N–H and O–H groups in total. The van der Waals surface area contributed by atoms with E-state index in [-0.39, 0.29) is 13.0 Å². The highest BCUT2D eigenvalue weighted by Crippen LogP contribution is 2.28. The Hall–Kier alpha value is -2.56. The number of hydrogen-bond acceptors (Lipinski definition) is 6. The Kier molecular flexibility index (Phi) is 6.83. The van der Waals surface area contributed by atoms with Gasteiger partial charge in [-0.25, -0.2) is 4.98 Å². The molecule has 1 heterocycles. The summed E-state index contributed by atoms with van der Waals surface area (Å²) in [7, 11) is 1.57. The van der Waals surface area contributed by atoms with Crippen LogP contribution in [0.2, 0.25) is 0 Å². The van der Waals surface area contributed by atoms with Crippen molar-refractivity contribution < 1.29 is 27.5 Å². The van der Waals surface area contributed by atoms with Crippen LogP contribution in [0.3, 0.4) is 0 Å². The standard InChI is InChI=1S/C16H19F3N4O3S/c1-3-10(22-14(25)16(17,18)19)13(24)20-6-7-21-15-23-11-5-4-9(26-2)8-12(11)27-15/h4-5,8,10H,3,6-7H2,1-2H3,(H,20,24)(H,21,23)(H,22,25)/t10-/m0/s1. The molecule has 2 amide bonds. The maximum atomic E-state index is 12.3. The van der Waals surface area contributed by atoms with Crippen molar-refractivity contribution >= 4 is 38.5 Å². The maximum Gasteiger partial charge on any atom is 0.471 e. The van der Waals surface area contributed by atoms with E-state index in [1.807, 2.05) is 12.1 Å². The van der Waals surface area contributed by atoms with Gasteiger partial charge in [-0.1, -0.05) is 18.3 Å². The Balaban J connectivity index is 1.81. The molecule has 0 aliphatic heterocycles. The molecule has 0 unspecified atom stereocenters. The van der Waals surface area contributed by atoms with Gasteiger partial charge in [0.05, 0.1) is 17.3 Å². The van der Waals surface area contributed by atoms with Crippen molar-refractivity contribution in [3.63, 3.8) is 0 Å². The Morgan fingerprint density at radius 3 is 2.67 bits per heavy atom. The van der Waals surface area contributed by atoms with Crippen LogP contribution in [0.25, 0.3) is 10.2 Å². The van der Waals surface area contributed by atoms with Crippen LogP contribution < -0.4 is 20.7 Å². The lowest BCUT2D eigenvalue weighted by Crippen LogP contribution is -2.50. The fourth-order valence-electron chi connectivity index (χ4n) is 2.18. The van der Waals surface area contributed by atoms with E-state index in [1.165, 1.54) is 18.3 Å². The number of fused-ring (bicyclic) bond motifs is 1. The number of nitrogens with zero attached hydrogens (tertiary/aromatic N) is 1. The Bertz CT molecular complexity index is 810. The SMILES string of the molecule is CC[C@H](NC(=O)C(F)(F)F)C(=O)NCCNc1nc2ccc(OC)cc2s1. The monoisotopic (exact) mass is 404 g/mol. The number of anilines is 1. The van der Waals surface area contributed by atoms with Gasteiger partial charge in [-0.2, -0.15) is 13.2 Å². The number of carbonyl (C=O) groups excluding carboxylic acids is 2. The smallest absolute Gasteiger partial charge is 0.471 e. The van der Waals surface area contributed by atoms with Crippen LogP contribution in [0.5, 0.6) is 5.75 Å². The predicted octanol–water partition coefficient (Wildman–Crippen LogP) is 2.29. The van der Waals surface area contributed by atoms with Crippen LogP contribution in [-0.4, -0.2) is 49.2 Å². The number of hydrogen-bond donors (Lipinski definition) is 3. The molecule has 0 saturated carbocycles. The average Bonchev–Trinajstić information content (AvgIpc) is 3.03. The van der Waals surface area contributed by atoms with Crippen molar-refractivity contribution in [2.45, 2.75) is 25.6 Å². The minimum Gasteiger partial charge on any atom is -0.497 e. The molecule has 11 heteroatoms. The fourth-order valence-corrected chi connectivity index (χ4v) is 3.10. The van der Waals surface area contributed by atoms with E-state index in [1.54, 1.807) is 18.5 Å². The lowest BCUT2D eigenvalue weighted by Gasteiger charge is -2.17. The first-order valence-corrected chi connectivity index (χ1v) is 8.90. The van der Waals surface area contributed by atoms with E-state index in [0.717, 1.165) is 16.0 Å². The molecule has 148 valence electrons. The first-order valence-electron chi connectivity index (χ1n) is 8.08. The number of benzene rings is 1. The van der Waals surface area contributed by atoms with Crippen molar-refractivity contribution in [1.29, 1.82) is 0 Å². The van der Waals surface area contributed by atoms with E-state index in [4.69, 9.17) is 4.74 Å². The van der Waals surface area contributed by atoms with Gasteiger partial charge in [-0.15, -0.1) is 0 Å². The van der Waals surface area contributed by atoms with Gasteiger partial charge in [0.1, 0.15) is 11.8 Å². The first-order chi connectivity index (χ1) is 12.7. The Labute approximate surface area is 157 Å². The summed E-state index contributed by atoms with van der Waals surface area (Å²) in [6, 6.07) is 4.24. The second-order valence-corrected chi connectivity index (χ2v) is 6.53. The third kappa shape index (κ3) is 5.71. The molecule has 2 rings (SSSR count). The van der Waals surface area contributed by atoms with E-state index in [2.05, 4.69) is 15.6 Å². The lowest BCUT2D eigenvalue weighted by atomic mass is 10.2. The number of carbonyl (C=O) groups is 2. The van der Waals surface area contributed by atoms with E-state index < -0.39 is 24.0 Å². The van der Waals surface area contributed by atoms with Gasteiger partial charge in [-0.05, 0) is 24.6 Å². The minimum absolute atomic E-state index is 0.0424. The van der Waals surface area contributed by atoms with Gasteiger partial charge in [0.15, 0.2) is 5.13 Å². The Morgan fingerprint density at radius 2 is 2.04 bits per heavy atom. The highest BCUT2D eigenvalue weighted by Gasteiger charge is 2.40. The van der Waals surface area contributed by atoms with Crippen LogP contribution in [0, 0.1) is 0 Å². The van der Waals surface area contributed by atoms with E-state index in [9.17, 15) is 22.8 Å². The topological polar surface area (TPSA) is 92.4 Å². The molecule has 1 atom stereocenters. The summed E-state index contributed by atoms with van der Waals surface area (Å²) in [5.74, 6) is -2.09. The van der Waals surface area contributed by atoms with Gasteiger partial charge in [0.25, 0.3) is 0 Å². The maximum absolute atomic E-state index is 12.3. The zero-order valence-corrected chi connectivity index (χ0v) is 15.5. The van der Waals surface area contributed by atoms with Gasteiger partial charge < -0.3 is 20.7 Å². The molecular weight excluding hydrogens is 385 g/mol. The summed E-state index contributed by atoms with van der Waals surface area (Å²) < 4.78 is 42.9. The molecule has 2 aromatic rings. The first kappa shape index (κ1) is 20.7. The normalized spacial score (nSPS) is 12.5. The number of ether oxygens (including phenoxy) is 1. The number of alkyl halides is 3. The van der Waals surface area contributed by atoms with Crippen molar-refractivity contribution in [2.24, 2.45) is 0 Å². The summed E-state index contributed by atoms with van der Waals surface area (Å²) in [5, 5.41) is 7.84. The average molecular weight is 404 g/mol. The summed E-state index contributed by atoms with van der Waals surface area (Å²) >= 11 is 1.41. The van der Waals surface area contributed by atoms with Gasteiger partial charge >= 0.3 is 12.1 Å². The summed E-state index contributed by atoms with van der Waals surface area (Å²) in [6.45, 7) is 2.00. The molecule has 0 aliphatic carbocycles. The molecule has 27 heavy (non-hydrogen) atoms. The number of aromatic nitrogens is 1. The highest BCUT2D eigenvalue weighted by molar-refractivity contribution is 7.22. The van der Waals surface area contributed by atoms with Crippen molar-refractivity contribution in [1.82, 2.24) is 15.6 Å². The highest BCUT2D eigenvalue weighted by atomic mass is 32.1. The number of nitrogens with one attached hydrogen (secondary N) is 3. The van der Waals surface area contributed by atoms with Crippen LogP contribution in [0.15, 0.2) is 18.2 Å². The Morgan fingerprint density at radius 1 is 1.30 bits per heavy atom. The number of methoxy groups -OCH3 is 1. The summed E-state index contributed by atoms with van der Waals surface area (Å²) in [5.41, 5.74) is 0.799. The summed E-state index contributed by atoms with van der Waals surface area (Å²) in [4.78, 5) is 27.2. The third-order valence-corrected chi connectivity index (χ3v) is 4.56. The summed E-state index contributed by atoms with van der Waals surface area (Å²) in [6.07, 6.45) is -4.98. The molecule has 7 nitrogen and oxygen atoms in total. The van der Waals surface area contributed by atoms with E-state index >= 15 is 0 Å². The predicted molar refractivity (Wildman–Crippen MR) is 95.9 cm³/mol. The number of thiazole rings is 1. The molecule has 1 aromatic carbocycles. The molecular formula is C16H19F3N4O3S. The minimum atomic E-state index is -5.02. The molecule has 1 aromatic heterocycles. The molecule has 0 aliphatic rings. The zero-order chi connectivity index (χ0) is 20.0. The quantitative estimate of drug-likeness (QED) is 0.587. The zero-order valence-electron chi connectivity index (χ0n) is 14.6. The van der Waals surface area contributed by atoms with Crippen molar-refractivity contribution in [3.8, 4) is 5.75 Å². The number of halogens is 3. The number of rotatable bonds is 8. The molecule has 0 saturated heterocycles. The second-order valence-electron chi connectivity index (χ2n) is 5.50. The molecule has 0 spiro atoms. The van der Waals surface area contributed by atoms with Crippen LogP contribution in [0.4, 0.5) is 18.3 Å². The molecule has 0 bridgehead atoms. The fraction of sp³-hybridized carbons (Fsp3) is 0.438. The second kappa shape index (κ2) is 8.89. The lowest BCUT2D eigenvalue weighted by molar-refractivity contribution is -0.174. The molecule has 0 fully saturated rings. The van der Waals surface area contributed by atoms with Crippen LogP contribution >= 0.6 is 11.3 Å². The molecule has 0 radical (unpaired) electrons. The van der Waals surface area contributed by atoms with Crippen LogP contribution in [-0.2, 0) is 9.59 Å². The van der Waals surface area contributed by atoms with Crippen molar-refractivity contribution in [2.75, 3.05) is 25.5 Å². The van der Waals surface area contributed by atoms with Gasteiger partial charge in [0, 0.05) is 13.1 Å². The van der Waals surface area contributed by atoms with Crippen LogP contribution in [0.1, 0.15) is 13.3 Å². The van der Waals surface area contributed by atoms with Gasteiger partial charge in [-0.3, -0.25) is 9.59 Å².